The molecule has 0 unspecified atom stereocenters. The summed E-state index contributed by atoms with van der Waals surface area (Å²) in [5.41, 5.74) is 0. The van der Waals surface area contributed by atoms with Crippen molar-refractivity contribution in [2.24, 2.45) is 0 Å². The van der Waals surface area contributed by atoms with Crippen LogP contribution in [0.1, 0.15) is 7.13 Å². The zero-order valence-corrected chi connectivity index (χ0v) is 14.9. The average Bonchev–Trinajstić information content (AvgIpc) is 0.722. The third-order valence-electron chi connectivity index (χ3n) is 0. The van der Waals surface area contributed by atoms with Gasteiger partial charge >= 0.3 is 142 Å². The number of hydrogen-bond donors (Lipinski definition) is 3. The topological polar surface area (TPSA) is 77.8 Å². The van der Waals surface area contributed by atoms with Crippen molar-refractivity contribution < 1.29 is 77.8 Å². The van der Waals surface area contributed by atoms with E-state index in [1.807, 2.05) is 0 Å². The van der Waals surface area contributed by atoms with Gasteiger partial charge in [0.25, 0.3) is 0 Å². The molecule has 0 aromatic carbocycles. The van der Waals surface area contributed by atoms with Crippen LogP contribution in [0.25, 0.3) is 0 Å². The molecule has 0 fully saturated rings. The summed E-state index contributed by atoms with van der Waals surface area (Å²) in [5, 5.41) is 0. The summed E-state index contributed by atoms with van der Waals surface area (Å²) < 4.78 is 8.88. The van der Waals surface area contributed by atoms with Crippen molar-refractivity contribution in [3.05, 3.63) is 0 Å². The second kappa shape index (κ2) is 15.0. The summed E-state index contributed by atoms with van der Waals surface area (Å²) >= 11 is 0. The molecule has 0 rings (SSSR count). The van der Waals surface area contributed by atoms with Crippen LogP contribution in [-0.4, -0.2) is 106 Å². The standard InChI is InChI=1S/B.Ca.K.H3O4P.Sr.5H/c;;;1-5(2,3)4;;;;;;/h;;;(H3,1,2,3,4);;;;;;/q;+2;+1;;+2;5*-1. The van der Waals surface area contributed by atoms with Crippen molar-refractivity contribution in [2.75, 3.05) is 0 Å². The predicted molar refractivity (Wildman–Crippen MR) is 37.1 cm³/mol. The van der Waals surface area contributed by atoms with E-state index in [2.05, 4.69) is 0 Å². The third kappa shape index (κ3) is 67.5. The maximum Gasteiger partial charge on any atom is 2.00 e. The van der Waals surface area contributed by atoms with E-state index in [1.165, 1.54) is 0 Å². The van der Waals surface area contributed by atoms with E-state index < -0.39 is 7.82 Å². The minimum Gasteiger partial charge on any atom is -1.00 e. The van der Waals surface area contributed by atoms with Gasteiger partial charge in [-0.2, -0.15) is 0 Å². The second-order valence-electron chi connectivity index (χ2n) is 0.513. The van der Waals surface area contributed by atoms with Crippen LogP contribution in [0.3, 0.4) is 0 Å². The van der Waals surface area contributed by atoms with Gasteiger partial charge in [0.1, 0.15) is 0 Å². The fraction of sp³-hybridized carbons (Fsp3) is 0. The smallest absolute Gasteiger partial charge is 1.00 e. The Labute approximate surface area is 172 Å². The summed E-state index contributed by atoms with van der Waals surface area (Å²) in [6.45, 7) is 0. The largest absolute Gasteiger partial charge is 2.00 e. The molecule has 0 aromatic heterocycles. The first-order chi connectivity index (χ1) is 2.00. The summed E-state index contributed by atoms with van der Waals surface area (Å²) in [6, 6.07) is 0. The summed E-state index contributed by atoms with van der Waals surface area (Å²) in [7, 11) is -4.64. The number of rotatable bonds is 0. The summed E-state index contributed by atoms with van der Waals surface area (Å²) in [6.07, 6.45) is 0. The van der Waals surface area contributed by atoms with Gasteiger partial charge in [-0.05, 0) is 0 Å². The molecule has 45 valence electrons. The van der Waals surface area contributed by atoms with Crippen molar-refractivity contribution in [2.45, 2.75) is 0 Å². The fourth-order valence-electron chi connectivity index (χ4n) is 0. The van der Waals surface area contributed by atoms with Crippen molar-refractivity contribution >= 4 is 99.5 Å². The molecule has 0 atom stereocenters. The minimum atomic E-state index is -4.64. The molecule has 0 saturated heterocycles. The Kier molecular flexibility index (Phi) is 48.8. The molecule has 0 aliphatic rings. The molecule has 0 spiro atoms. The second-order valence-corrected chi connectivity index (χ2v) is 1.54. The van der Waals surface area contributed by atoms with Crippen LogP contribution in [0.4, 0.5) is 0 Å². The molecule has 0 aliphatic heterocycles. The van der Waals surface area contributed by atoms with Crippen LogP contribution in [-0.2, 0) is 4.57 Å². The summed E-state index contributed by atoms with van der Waals surface area (Å²) in [5.74, 6) is 0. The molecule has 0 bridgehead atoms. The van der Waals surface area contributed by atoms with Crippen molar-refractivity contribution in [3.63, 3.8) is 0 Å². The van der Waals surface area contributed by atoms with E-state index in [-0.39, 0.29) is 150 Å². The normalized spacial score (nSPS) is 6.56. The monoisotopic (exact) mass is 281 g/mol. The van der Waals surface area contributed by atoms with Gasteiger partial charge in [-0.25, -0.2) is 4.57 Å². The van der Waals surface area contributed by atoms with Crippen molar-refractivity contribution in [1.82, 2.24) is 0 Å². The molecule has 3 radical (unpaired) electrons. The van der Waals surface area contributed by atoms with E-state index >= 15 is 0 Å². The van der Waals surface area contributed by atoms with Gasteiger partial charge in [-0.3, -0.25) is 0 Å². The Hall–Kier alpha value is 4.55. The third-order valence-corrected chi connectivity index (χ3v) is 0. The molecule has 0 saturated carbocycles. The average molecular weight is 281 g/mol. The van der Waals surface area contributed by atoms with Crippen LogP contribution in [0, 0.1) is 0 Å². The molecular weight excluding hydrogens is 273 g/mol. The van der Waals surface area contributed by atoms with Crippen LogP contribution in [0.15, 0.2) is 0 Å². The maximum atomic E-state index is 8.88. The van der Waals surface area contributed by atoms with Gasteiger partial charge in [0.05, 0.1) is 0 Å². The predicted octanol–water partition coefficient (Wildman–Crippen LogP) is -4.50. The minimum absolute atomic E-state index is 0. The van der Waals surface area contributed by atoms with Crippen LogP contribution >= 0.6 is 7.82 Å². The SMILES string of the molecule is O=P(O)(O)O.[B].[Ca+2].[H-].[H-].[H-].[H-].[H-].[K+].[Sr+2]. The first kappa shape index (κ1) is 29.2. The van der Waals surface area contributed by atoms with Crippen LogP contribution < -0.4 is 51.4 Å². The Morgan fingerprint density at radius 3 is 1.22 bits per heavy atom. The van der Waals surface area contributed by atoms with E-state index in [0.717, 1.165) is 0 Å². The molecule has 0 amide bonds. The van der Waals surface area contributed by atoms with Gasteiger partial charge in [-0.1, -0.05) is 0 Å². The molecule has 9 heavy (non-hydrogen) atoms. The van der Waals surface area contributed by atoms with E-state index in [4.69, 9.17) is 19.2 Å². The molecule has 0 aliphatic carbocycles. The number of hydrogen-bond acceptors (Lipinski definition) is 1. The molecule has 0 heterocycles. The zero-order valence-electron chi connectivity index (χ0n) is 10.2. The zero-order chi connectivity index (χ0) is 4.50. The van der Waals surface area contributed by atoms with Gasteiger partial charge in [0.15, 0.2) is 0 Å². The molecular formula is H8BCaKO4PSr. The van der Waals surface area contributed by atoms with Gasteiger partial charge in [0.2, 0.25) is 0 Å². The maximum absolute atomic E-state index is 8.88. The molecule has 4 nitrogen and oxygen atoms in total. The fourth-order valence-corrected chi connectivity index (χ4v) is 0. The number of phosphoric acid groups is 1. The molecule has 0 aromatic rings. The Morgan fingerprint density at radius 1 is 1.22 bits per heavy atom. The van der Waals surface area contributed by atoms with Crippen LogP contribution in [0.2, 0.25) is 0 Å². The quantitative estimate of drug-likeness (QED) is 0.309. The van der Waals surface area contributed by atoms with Gasteiger partial charge < -0.3 is 21.8 Å². The van der Waals surface area contributed by atoms with E-state index in [1.54, 1.807) is 0 Å². The van der Waals surface area contributed by atoms with E-state index in [0.29, 0.717) is 0 Å². The molecule has 9 heteroatoms. The van der Waals surface area contributed by atoms with Crippen molar-refractivity contribution in [1.29, 1.82) is 0 Å². The first-order valence-electron chi connectivity index (χ1n) is 0.783. The van der Waals surface area contributed by atoms with E-state index in [9.17, 15) is 0 Å². The first-order valence-corrected chi connectivity index (χ1v) is 2.35. The van der Waals surface area contributed by atoms with Gasteiger partial charge in [-0.15, -0.1) is 0 Å². The van der Waals surface area contributed by atoms with Crippen molar-refractivity contribution in [3.8, 4) is 0 Å². The Balaban J connectivity index is -0.00000000222. The summed E-state index contributed by atoms with van der Waals surface area (Å²) in [4.78, 5) is 21.6. The Morgan fingerprint density at radius 2 is 1.22 bits per heavy atom. The molecule has 3 N–H and O–H groups in total. The van der Waals surface area contributed by atoms with Gasteiger partial charge in [0, 0.05) is 8.41 Å². The Bertz CT molecular complexity index is 79.9. The van der Waals surface area contributed by atoms with Crippen LogP contribution in [0.5, 0.6) is 0 Å².